The Morgan fingerprint density at radius 3 is 2.31 bits per heavy atom. The van der Waals surface area contributed by atoms with Gasteiger partial charge in [-0.3, -0.25) is 0 Å². The Kier molecular flexibility index (Phi) is 5.91. The lowest BCUT2D eigenvalue weighted by Crippen LogP contribution is -2.28. The third-order valence-electron chi connectivity index (χ3n) is 4.91. The van der Waals surface area contributed by atoms with Crippen molar-refractivity contribution in [1.29, 1.82) is 0 Å². The maximum Gasteiger partial charge on any atom is 0.242 e. The number of aryl methyl sites for hydroxylation is 1. The second kappa shape index (κ2) is 8.08. The number of nitrogens with zero attached hydrogens (tertiary/aromatic N) is 3. The standard InChI is InChI=1S/C22H27N3O3S/c1-16-8-6-7-9-18(16)15-29(26,27)25(5)14-20-23-21(24-28-20)17-10-12-19(13-11-17)22(2,3)4/h6-13H,14-15H2,1-5H3. The van der Waals surface area contributed by atoms with Crippen LogP contribution in [0, 0.1) is 6.92 Å². The summed E-state index contributed by atoms with van der Waals surface area (Å²) >= 11 is 0. The largest absolute Gasteiger partial charge is 0.338 e. The lowest BCUT2D eigenvalue weighted by atomic mass is 9.87. The van der Waals surface area contributed by atoms with Crippen molar-refractivity contribution in [1.82, 2.24) is 14.4 Å². The molecule has 0 aliphatic heterocycles. The Labute approximate surface area is 172 Å². The van der Waals surface area contributed by atoms with Crippen molar-refractivity contribution < 1.29 is 12.9 Å². The first-order valence-electron chi connectivity index (χ1n) is 9.48. The van der Waals surface area contributed by atoms with Crippen LogP contribution < -0.4 is 0 Å². The zero-order valence-corrected chi connectivity index (χ0v) is 18.3. The Morgan fingerprint density at radius 1 is 1.03 bits per heavy atom. The van der Waals surface area contributed by atoms with Gasteiger partial charge in [-0.15, -0.1) is 0 Å². The zero-order valence-electron chi connectivity index (χ0n) is 17.5. The Balaban J connectivity index is 1.71. The van der Waals surface area contributed by atoms with Crippen molar-refractivity contribution in [3.05, 3.63) is 71.1 Å². The lowest BCUT2D eigenvalue weighted by Gasteiger charge is -2.18. The molecule has 0 unspecified atom stereocenters. The van der Waals surface area contributed by atoms with Gasteiger partial charge in [-0.2, -0.15) is 9.29 Å². The minimum absolute atomic E-state index is 0.0291. The molecule has 0 bridgehead atoms. The molecule has 29 heavy (non-hydrogen) atoms. The van der Waals surface area contributed by atoms with E-state index in [0.29, 0.717) is 5.82 Å². The average Bonchev–Trinajstić information content (AvgIpc) is 3.11. The molecule has 3 rings (SSSR count). The predicted octanol–water partition coefficient (Wildman–Crippen LogP) is 4.30. The van der Waals surface area contributed by atoms with Gasteiger partial charge in [0, 0.05) is 12.6 Å². The molecule has 0 fully saturated rings. The van der Waals surface area contributed by atoms with E-state index in [1.807, 2.05) is 55.5 Å². The van der Waals surface area contributed by atoms with E-state index in [1.54, 1.807) is 0 Å². The van der Waals surface area contributed by atoms with Crippen LogP contribution in [-0.4, -0.2) is 29.9 Å². The minimum Gasteiger partial charge on any atom is -0.338 e. The van der Waals surface area contributed by atoms with Gasteiger partial charge in [-0.25, -0.2) is 8.42 Å². The molecule has 0 saturated carbocycles. The second-order valence-corrected chi connectivity index (χ2v) is 10.4. The molecule has 7 heteroatoms. The van der Waals surface area contributed by atoms with Crippen LogP contribution in [0.5, 0.6) is 0 Å². The van der Waals surface area contributed by atoms with Gasteiger partial charge < -0.3 is 4.52 Å². The van der Waals surface area contributed by atoms with E-state index in [2.05, 4.69) is 30.9 Å². The summed E-state index contributed by atoms with van der Waals surface area (Å²) in [6.07, 6.45) is 0. The monoisotopic (exact) mass is 413 g/mol. The van der Waals surface area contributed by atoms with E-state index in [4.69, 9.17) is 4.52 Å². The molecular formula is C22H27N3O3S. The van der Waals surface area contributed by atoms with Crippen LogP contribution >= 0.6 is 0 Å². The van der Waals surface area contributed by atoms with Crippen LogP contribution in [0.15, 0.2) is 53.1 Å². The smallest absolute Gasteiger partial charge is 0.242 e. The van der Waals surface area contributed by atoms with Gasteiger partial charge in [0.05, 0.1) is 12.3 Å². The molecule has 0 aliphatic rings. The summed E-state index contributed by atoms with van der Waals surface area (Å²) in [5.41, 5.74) is 3.84. The lowest BCUT2D eigenvalue weighted by molar-refractivity contribution is 0.336. The molecule has 0 amide bonds. The van der Waals surface area contributed by atoms with E-state index in [0.717, 1.165) is 16.7 Å². The highest BCUT2D eigenvalue weighted by Crippen LogP contribution is 2.25. The third-order valence-corrected chi connectivity index (χ3v) is 6.66. The first kappa shape index (κ1) is 21.2. The molecule has 0 spiro atoms. The highest BCUT2D eigenvalue weighted by molar-refractivity contribution is 7.88. The Hall–Kier alpha value is -2.51. The number of benzene rings is 2. The first-order valence-corrected chi connectivity index (χ1v) is 11.1. The van der Waals surface area contributed by atoms with Crippen LogP contribution in [0.2, 0.25) is 0 Å². The van der Waals surface area contributed by atoms with Gasteiger partial charge in [0.1, 0.15) is 0 Å². The summed E-state index contributed by atoms with van der Waals surface area (Å²) in [5.74, 6) is 0.645. The van der Waals surface area contributed by atoms with Gasteiger partial charge in [0.15, 0.2) is 0 Å². The predicted molar refractivity (Wildman–Crippen MR) is 114 cm³/mol. The van der Waals surface area contributed by atoms with Crippen LogP contribution in [0.1, 0.15) is 43.4 Å². The molecule has 2 aromatic carbocycles. The maximum atomic E-state index is 12.7. The van der Waals surface area contributed by atoms with Crippen molar-refractivity contribution >= 4 is 10.0 Å². The fourth-order valence-electron chi connectivity index (χ4n) is 2.92. The summed E-state index contributed by atoms with van der Waals surface area (Å²) < 4.78 is 31.9. The fraction of sp³-hybridized carbons (Fsp3) is 0.364. The highest BCUT2D eigenvalue weighted by Gasteiger charge is 2.22. The van der Waals surface area contributed by atoms with Crippen LogP contribution in [0.25, 0.3) is 11.4 Å². The van der Waals surface area contributed by atoms with E-state index in [-0.39, 0.29) is 23.6 Å². The first-order chi connectivity index (χ1) is 13.6. The van der Waals surface area contributed by atoms with E-state index in [1.165, 1.54) is 16.9 Å². The number of sulfonamides is 1. The van der Waals surface area contributed by atoms with Crippen molar-refractivity contribution in [3.8, 4) is 11.4 Å². The van der Waals surface area contributed by atoms with Crippen LogP contribution in [-0.2, 0) is 27.7 Å². The molecular weight excluding hydrogens is 386 g/mol. The van der Waals surface area contributed by atoms with E-state index in [9.17, 15) is 8.42 Å². The molecule has 1 heterocycles. The fourth-order valence-corrected chi connectivity index (χ4v) is 4.17. The van der Waals surface area contributed by atoms with Crippen molar-refractivity contribution in [2.75, 3.05) is 7.05 Å². The van der Waals surface area contributed by atoms with Crippen LogP contribution in [0.4, 0.5) is 0 Å². The third kappa shape index (κ3) is 5.10. The summed E-state index contributed by atoms with van der Waals surface area (Å²) in [6.45, 7) is 8.40. The summed E-state index contributed by atoms with van der Waals surface area (Å²) in [4.78, 5) is 4.37. The normalized spacial score (nSPS) is 12.5. The van der Waals surface area contributed by atoms with Gasteiger partial charge >= 0.3 is 0 Å². The van der Waals surface area contributed by atoms with Crippen molar-refractivity contribution in [2.45, 2.75) is 45.4 Å². The summed E-state index contributed by atoms with van der Waals surface area (Å²) in [7, 11) is -1.98. The van der Waals surface area contributed by atoms with Gasteiger partial charge in [-0.05, 0) is 29.0 Å². The van der Waals surface area contributed by atoms with E-state index < -0.39 is 10.0 Å². The zero-order chi connectivity index (χ0) is 21.2. The summed E-state index contributed by atoms with van der Waals surface area (Å²) in [5, 5.41) is 4.00. The van der Waals surface area contributed by atoms with Gasteiger partial charge in [0.2, 0.25) is 21.7 Å². The topological polar surface area (TPSA) is 76.3 Å². The molecule has 0 N–H and O–H groups in total. The van der Waals surface area contributed by atoms with E-state index >= 15 is 0 Å². The van der Waals surface area contributed by atoms with Gasteiger partial charge in [0.25, 0.3) is 0 Å². The molecule has 0 aliphatic carbocycles. The molecule has 154 valence electrons. The molecule has 6 nitrogen and oxygen atoms in total. The molecule has 0 radical (unpaired) electrons. The number of aromatic nitrogens is 2. The highest BCUT2D eigenvalue weighted by atomic mass is 32.2. The van der Waals surface area contributed by atoms with Crippen molar-refractivity contribution in [3.63, 3.8) is 0 Å². The Morgan fingerprint density at radius 2 is 1.69 bits per heavy atom. The summed E-state index contributed by atoms with van der Waals surface area (Å²) in [6, 6.07) is 15.5. The van der Waals surface area contributed by atoms with Crippen LogP contribution in [0.3, 0.4) is 0 Å². The SMILES string of the molecule is Cc1ccccc1CS(=O)(=O)N(C)Cc1nc(-c2ccc(C(C)(C)C)cc2)no1. The molecule has 0 saturated heterocycles. The molecule has 3 aromatic rings. The molecule has 0 atom stereocenters. The average molecular weight is 414 g/mol. The number of hydrogen-bond acceptors (Lipinski definition) is 5. The second-order valence-electron chi connectivity index (χ2n) is 8.28. The van der Waals surface area contributed by atoms with Gasteiger partial charge in [-0.1, -0.05) is 74.5 Å². The maximum absolute atomic E-state index is 12.7. The minimum atomic E-state index is -3.51. The quantitative estimate of drug-likeness (QED) is 0.602. The van der Waals surface area contributed by atoms with Crippen molar-refractivity contribution in [2.24, 2.45) is 0 Å². The Bertz CT molecular complexity index is 1080. The number of hydrogen-bond donors (Lipinski definition) is 0. The number of rotatable bonds is 6. The molecule has 1 aromatic heterocycles.